The molecule has 5 nitrogen and oxygen atoms in total. The van der Waals surface area contributed by atoms with E-state index in [9.17, 15) is 15.3 Å². The Kier molecular flexibility index (Phi) is 4.16. The summed E-state index contributed by atoms with van der Waals surface area (Å²) in [5, 5.41) is 27.6. The summed E-state index contributed by atoms with van der Waals surface area (Å²) in [4.78, 5) is 14.0. The van der Waals surface area contributed by atoms with E-state index in [2.05, 4.69) is 6.07 Å². The molecule has 0 saturated carbocycles. The van der Waals surface area contributed by atoms with Crippen molar-refractivity contribution in [2.45, 2.75) is 6.92 Å². The summed E-state index contributed by atoms with van der Waals surface area (Å²) in [6.45, 7) is 1.93. The van der Waals surface area contributed by atoms with Crippen LogP contribution in [0, 0.1) is 40.9 Å². The van der Waals surface area contributed by atoms with E-state index in [0.717, 1.165) is 10.5 Å². The van der Waals surface area contributed by atoms with Gasteiger partial charge in [-0.05, 0) is 24.6 Å². The molecule has 0 aliphatic carbocycles. The summed E-state index contributed by atoms with van der Waals surface area (Å²) in [6, 6.07) is 19.9. The summed E-state index contributed by atoms with van der Waals surface area (Å²) in [5.74, 6) is -1.72. The van der Waals surface area contributed by atoms with Crippen molar-refractivity contribution in [1.29, 1.82) is 15.9 Å². The molecule has 0 bridgehead atoms. The fourth-order valence-electron chi connectivity index (χ4n) is 2.86. The average molecular weight is 326 g/mol. The van der Waals surface area contributed by atoms with Gasteiger partial charge in [-0.25, -0.2) is 0 Å². The number of aryl methyl sites for hydroxylation is 1. The summed E-state index contributed by atoms with van der Waals surface area (Å²) < 4.78 is 0. The molecule has 1 unspecified atom stereocenters. The number of carbonyl (C=O) groups is 1. The zero-order valence-electron chi connectivity index (χ0n) is 13.5. The second-order valence-electron chi connectivity index (χ2n) is 5.69. The largest absolute Gasteiger partial charge is 0.286 e. The first-order valence-electron chi connectivity index (χ1n) is 7.67. The molecular weight excluding hydrogens is 312 g/mol. The number of nitriles is 2. The Morgan fingerprint density at radius 2 is 1.68 bits per heavy atom. The maximum atomic E-state index is 12.9. The highest BCUT2D eigenvalue weighted by Crippen LogP contribution is 2.35. The fourth-order valence-corrected chi connectivity index (χ4v) is 2.86. The van der Waals surface area contributed by atoms with E-state index < -0.39 is 11.8 Å². The third-order valence-corrected chi connectivity index (χ3v) is 4.11. The minimum atomic E-state index is -0.990. The number of nitrogens with zero attached hydrogens (tertiary/aromatic N) is 3. The van der Waals surface area contributed by atoms with E-state index in [4.69, 9.17) is 5.41 Å². The summed E-state index contributed by atoms with van der Waals surface area (Å²) >= 11 is 0. The van der Waals surface area contributed by atoms with Crippen LogP contribution < -0.4 is 4.90 Å². The fraction of sp³-hybridized carbons (Fsp3) is 0.100. The van der Waals surface area contributed by atoms with Crippen LogP contribution in [0.25, 0.3) is 5.57 Å². The van der Waals surface area contributed by atoms with E-state index >= 15 is 0 Å². The van der Waals surface area contributed by atoms with E-state index in [0.29, 0.717) is 16.8 Å². The zero-order valence-corrected chi connectivity index (χ0v) is 13.5. The van der Waals surface area contributed by atoms with Gasteiger partial charge in [0.15, 0.2) is 0 Å². The maximum absolute atomic E-state index is 12.9. The molecule has 1 N–H and O–H groups in total. The Labute approximate surface area is 145 Å². The van der Waals surface area contributed by atoms with Crippen molar-refractivity contribution in [3.05, 3.63) is 71.3 Å². The molecule has 1 aliphatic heterocycles. The van der Waals surface area contributed by atoms with Gasteiger partial charge in [0.25, 0.3) is 5.91 Å². The molecule has 5 heteroatoms. The van der Waals surface area contributed by atoms with Gasteiger partial charge in [-0.2, -0.15) is 10.5 Å². The molecule has 25 heavy (non-hydrogen) atoms. The van der Waals surface area contributed by atoms with Crippen molar-refractivity contribution >= 4 is 23.0 Å². The van der Waals surface area contributed by atoms with Crippen LogP contribution in [0.2, 0.25) is 0 Å². The highest BCUT2D eigenvalue weighted by molar-refractivity contribution is 6.32. The van der Waals surface area contributed by atoms with Gasteiger partial charge in [0.1, 0.15) is 23.4 Å². The lowest BCUT2D eigenvalue weighted by Gasteiger charge is -2.32. The Morgan fingerprint density at radius 3 is 2.24 bits per heavy atom. The Balaban J connectivity index is 2.22. The van der Waals surface area contributed by atoms with Gasteiger partial charge in [0, 0.05) is 5.57 Å². The van der Waals surface area contributed by atoms with Crippen molar-refractivity contribution in [3.8, 4) is 12.1 Å². The normalized spacial score (nSPS) is 17.2. The number of rotatable bonds is 2. The van der Waals surface area contributed by atoms with E-state index in [1.54, 1.807) is 42.5 Å². The van der Waals surface area contributed by atoms with Crippen LogP contribution in [-0.4, -0.2) is 11.7 Å². The van der Waals surface area contributed by atoms with Gasteiger partial charge < -0.3 is 0 Å². The monoisotopic (exact) mass is 326 g/mol. The van der Waals surface area contributed by atoms with Gasteiger partial charge in [0.2, 0.25) is 0 Å². The molecule has 0 saturated heterocycles. The first-order valence-corrected chi connectivity index (χ1v) is 7.67. The number of hydrogen-bond acceptors (Lipinski definition) is 4. The minimum absolute atomic E-state index is 0.102. The topological polar surface area (TPSA) is 91.7 Å². The molecule has 0 aromatic heterocycles. The molecule has 0 radical (unpaired) electrons. The second-order valence-corrected chi connectivity index (χ2v) is 5.69. The zero-order chi connectivity index (χ0) is 18.0. The van der Waals surface area contributed by atoms with Crippen molar-refractivity contribution in [2.75, 3.05) is 4.90 Å². The van der Waals surface area contributed by atoms with Crippen molar-refractivity contribution in [2.24, 2.45) is 5.92 Å². The molecular formula is C20H14N4O. The van der Waals surface area contributed by atoms with Crippen molar-refractivity contribution in [1.82, 2.24) is 0 Å². The SMILES string of the molecule is Cc1ccc(C2=C(C#N)C(=O)N(c3ccccc3)C(=N)C2C#N)cc1. The van der Waals surface area contributed by atoms with Gasteiger partial charge >= 0.3 is 0 Å². The standard InChI is InChI=1S/C20H14N4O/c1-13-7-9-14(10-8-13)18-16(11-21)19(23)24(20(25)17(18)12-22)15-5-3-2-4-6-15/h2-10,16,23H,1H3. The van der Waals surface area contributed by atoms with E-state index in [1.807, 2.05) is 25.1 Å². The predicted molar refractivity (Wildman–Crippen MR) is 94.5 cm³/mol. The quantitative estimate of drug-likeness (QED) is 0.916. The number of hydrogen-bond donors (Lipinski definition) is 1. The highest BCUT2D eigenvalue weighted by Gasteiger charge is 2.40. The van der Waals surface area contributed by atoms with Crippen molar-refractivity contribution in [3.63, 3.8) is 0 Å². The van der Waals surface area contributed by atoms with Crippen LogP contribution >= 0.6 is 0 Å². The first kappa shape index (κ1) is 16.2. The number of anilines is 1. The number of amides is 1. The first-order chi connectivity index (χ1) is 12.1. The third-order valence-electron chi connectivity index (χ3n) is 4.11. The number of amidine groups is 1. The lowest BCUT2D eigenvalue weighted by molar-refractivity contribution is -0.114. The smallest absolute Gasteiger partial charge is 0.274 e. The number of nitrogens with one attached hydrogen (secondary N) is 1. The molecule has 1 atom stereocenters. The highest BCUT2D eigenvalue weighted by atomic mass is 16.2. The second kappa shape index (κ2) is 6.43. The third kappa shape index (κ3) is 2.69. The summed E-state index contributed by atoms with van der Waals surface area (Å²) in [7, 11) is 0. The van der Waals surface area contributed by atoms with E-state index in [-0.39, 0.29) is 11.4 Å². The molecule has 0 fully saturated rings. The minimum Gasteiger partial charge on any atom is -0.286 e. The van der Waals surface area contributed by atoms with E-state index in [1.165, 1.54) is 0 Å². The van der Waals surface area contributed by atoms with Crippen LogP contribution in [0.4, 0.5) is 5.69 Å². The van der Waals surface area contributed by atoms with Gasteiger partial charge in [-0.3, -0.25) is 15.1 Å². The van der Waals surface area contributed by atoms with Crippen LogP contribution in [0.3, 0.4) is 0 Å². The molecule has 120 valence electrons. The lowest BCUT2D eigenvalue weighted by atomic mass is 9.84. The van der Waals surface area contributed by atoms with Gasteiger partial charge in [-0.1, -0.05) is 48.0 Å². The number of carbonyl (C=O) groups excluding carboxylic acids is 1. The number of para-hydroxylation sites is 1. The van der Waals surface area contributed by atoms with Crippen LogP contribution in [0.5, 0.6) is 0 Å². The summed E-state index contributed by atoms with van der Waals surface area (Å²) in [5.41, 5.74) is 2.30. The molecule has 3 rings (SSSR count). The lowest BCUT2D eigenvalue weighted by Crippen LogP contribution is -2.45. The molecule has 1 amide bonds. The maximum Gasteiger partial charge on any atom is 0.274 e. The average Bonchev–Trinajstić information content (AvgIpc) is 2.63. The number of benzene rings is 2. The molecule has 2 aromatic rings. The molecule has 1 heterocycles. The molecule has 2 aromatic carbocycles. The Bertz CT molecular complexity index is 959. The summed E-state index contributed by atoms with van der Waals surface area (Å²) in [6.07, 6.45) is 0. The van der Waals surface area contributed by atoms with Crippen LogP contribution in [-0.2, 0) is 4.79 Å². The van der Waals surface area contributed by atoms with Gasteiger partial charge in [-0.15, -0.1) is 0 Å². The molecule has 1 aliphatic rings. The van der Waals surface area contributed by atoms with Crippen LogP contribution in [0.1, 0.15) is 11.1 Å². The Morgan fingerprint density at radius 1 is 1.04 bits per heavy atom. The Hall–Kier alpha value is -3.70. The predicted octanol–water partition coefficient (Wildman–Crippen LogP) is 3.44. The van der Waals surface area contributed by atoms with Crippen LogP contribution in [0.15, 0.2) is 60.2 Å². The van der Waals surface area contributed by atoms with Crippen molar-refractivity contribution < 1.29 is 4.79 Å². The molecule has 0 spiro atoms. The van der Waals surface area contributed by atoms with Gasteiger partial charge in [0.05, 0.1) is 11.8 Å².